The van der Waals surface area contributed by atoms with Crippen molar-refractivity contribution in [2.75, 3.05) is 14.2 Å². The summed E-state index contributed by atoms with van der Waals surface area (Å²) < 4.78 is 24.6. The van der Waals surface area contributed by atoms with Crippen LogP contribution in [0.5, 0.6) is 11.5 Å². The van der Waals surface area contributed by atoms with E-state index < -0.39 is 5.82 Å². The molecule has 1 aromatic heterocycles. The molecule has 0 radical (unpaired) electrons. The number of fused-ring (bicyclic) bond motifs is 1. The lowest BCUT2D eigenvalue weighted by atomic mass is 10.2. The number of halogens is 1. The molecule has 0 aliphatic rings. The van der Waals surface area contributed by atoms with Gasteiger partial charge in [0.1, 0.15) is 10.9 Å². The van der Waals surface area contributed by atoms with Crippen molar-refractivity contribution in [3.8, 4) is 17.6 Å². The molecule has 0 bridgehead atoms. The first-order valence-electron chi connectivity index (χ1n) is 4.45. The molecule has 3 nitrogen and oxygen atoms in total. The van der Waals surface area contributed by atoms with Crippen LogP contribution in [0, 0.1) is 17.1 Å². The van der Waals surface area contributed by atoms with Crippen LogP contribution in [-0.4, -0.2) is 14.2 Å². The summed E-state index contributed by atoms with van der Waals surface area (Å²) in [6, 6.07) is 5.17. The number of hydrogen-bond donors (Lipinski definition) is 0. The summed E-state index contributed by atoms with van der Waals surface area (Å²) >= 11 is 1.22. The standard InChI is InChI=1S/C11H8FNO2S/c1-14-8-4-9-7(3-6(5-13)16-9)10(12)11(8)15-2/h3-4H,1-2H3. The van der Waals surface area contributed by atoms with Crippen LogP contribution >= 0.6 is 11.3 Å². The van der Waals surface area contributed by atoms with Gasteiger partial charge in [-0.15, -0.1) is 11.3 Å². The number of methoxy groups -OCH3 is 2. The molecule has 0 atom stereocenters. The fraction of sp³-hybridized carbons (Fsp3) is 0.182. The van der Waals surface area contributed by atoms with Crippen LogP contribution in [0.15, 0.2) is 12.1 Å². The van der Waals surface area contributed by atoms with Crippen LogP contribution in [0.25, 0.3) is 10.1 Å². The Kier molecular flexibility index (Phi) is 2.67. The summed E-state index contributed by atoms with van der Waals surface area (Å²) in [7, 11) is 2.83. The number of nitriles is 1. The van der Waals surface area contributed by atoms with Crippen LogP contribution in [0.1, 0.15) is 4.88 Å². The molecule has 0 amide bonds. The molecule has 2 rings (SSSR count). The van der Waals surface area contributed by atoms with E-state index in [0.717, 1.165) is 0 Å². The Balaban J connectivity index is 2.80. The van der Waals surface area contributed by atoms with Crippen LogP contribution in [0.4, 0.5) is 4.39 Å². The Morgan fingerprint density at radius 1 is 1.31 bits per heavy atom. The van der Waals surface area contributed by atoms with Gasteiger partial charge in [0.2, 0.25) is 0 Å². The summed E-state index contributed by atoms with van der Waals surface area (Å²) in [5.41, 5.74) is 0. The van der Waals surface area contributed by atoms with E-state index in [0.29, 0.717) is 20.7 Å². The fourth-order valence-electron chi connectivity index (χ4n) is 1.50. The molecule has 0 saturated heterocycles. The van der Waals surface area contributed by atoms with Gasteiger partial charge in [0.05, 0.1) is 14.2 Å². The number of hydrogen-bond acceptors (Lipinski definition) is 4. The summed E-state index contributed by atoms with van der Waals surface area (Å²) in [6.45, 7) is 0. The number of nitrogens with zero attached hydrogens (tertiary/aromatic N) is 1. The lowest BCUT2D eigenvalue weighted by Gasteiger charge is -2.08. The monoisotopic (exact) mass is 237 g/mol. The third-order valence-corrected chi connectivity index (χ3v) is 3.20. The smallest absolute Gasteiger partial charge is 0.197 e. The molecule has 82 valence electrons. The van der Waals surface area contributed by atoms with E-state index in [1.807, 2.05) is 6.07 Å². The fourth-order valence-corrected chi connectivity index (χ4v) is 2.38. The summed E-state index contributed by atoms with van der Waals surface area (Å²) in [4.78, 5) is 0.462. The molecule has 0 aliphatic heterocycles. The zero-order valence-electron chi connectivity index (χ0n) is 8.70. The van der Waals surface area contributed by atoms with Gasteiger partial charge in [-0.3, -0.25) is 0 Å². The van der Waals surface area contributed by atoms with E-state index in [9.17, 15) is 4.39 Å². The van der Waals surface area contributed by atoms with Gasteiger partial charge in [-0.05, 0) is 6.07 Å². The minimum absolute atomic E-state index is 0.0669. The van der Waals surface area contributed by atoms with E-state index in [4.69, 9.17) is 14.7 Å². The molecule has 1 heterocycles. The zero-order chi connectivity index (χ0) is 11.7. The molecule has 0 aliphatic carbocycles. The maximum Gasteiger partial charge on any atom is 0.197 e. The van der Waals surface area contributed by atoms with Crippen molar-refractivity contribution in [3.05, 3.63) is 22.8 Å². The van der Waals surface area contributed by atoms with Crippen LogP contribution < -0.4 is 9.47 Å². The molecule has 0 saturated carbocycles. The van der Waals surface area contributed by atoms with Crippen LogP contribution in [0.3, 0.4) is 0 Å². The number of ether oxygens (including phenoxy) is 2. The second-order valence-corrected chi connectivity index (χ2v) is 4.14. The van der Waals surface area contributed by atoms with Gasteiger partial charge in [0.15, 0.2) is 17.3 Å². The molecule has 16 heavy (non-hydrogen) atoms. The molecule has 0 spiro atoms. The van der Waals surface area contributed by atoms with E-state index in [-0.39, 0.29) is 5.75 Å². The predicted octanol–water partition coefficient (Wildman–Crippen LogP) is 2.93. The largest absolute Gasteiger partial charge is 0.493 e. The van der Waals surface area contributed by atoms with Gasteiger partial charge in [-0.25, -0.2) is 4.39 Å². The van der Waals surface area contributed by atoms with Crippen molar-refractivity contribution in [2.24, 2.45) is 0 Å². The lowest BCUT2D eigenvalue weighted by molar-refractivity contribution is 0.340. The Morgan fingerprint density at radius 3 is 2.62 bits per heavy atom. The Morgan fingerprint density at radius 2 is 2.06 bits per heavy atom. The average Bonchev–Trinajstić information content (AvgIpc) is 2.72. The molecular formula is C11H8FNO2S. The SMILES string of the molecule is COc1cc2sc(C#N)cc2c(F)c1OC. The highest BCUT2D eigenvalue weighted by Crippen LogP contribution is 2.39. The first kappa shape index (κ1) is 10.7. The maximum atomic E-state index is 14.0. The van der Waals surface area contributed by atoms with Crippen LogP contribution in [-0.2, 0) is 0 Å². The topological polar surface area (TPSA) is 42.2 Å². The van der Waals surface area contributed by atoms with Crippen molar-refractivity contribution >= 4 is 21.4 Å². The Labute approximate surface area is 95.6 Å². The summed E-state index contributed by atoms with van der Waals surface area (Å²) in [5.74, 6) is -0.0919. The van der Waals surface area contributed by atoms with Crippen LogP contribution in [0.2, 0.25) is 0 Å². The Bertz CT molecular complexity index is 586. The highest BCUT2D eigenvalue weighted by atomic mass is 32.1. The predicted molar refractivity (Wildman–Crippen MR) is 59.6 cm³/mol. The third-order valence-electron chi connectivity index (χ3n) is 2.22. The first-order chi connectivity index (χ1) is 7.71. The maximum absolute atomic E-state index is 14.0. The average molecular weight is 237 g/mol. The van der Waals surface area contributed by atoms with Gasteiger partial charge in [-0.2, -0.15) is 5.26 Å². The highest BCUT2D eigenvalue weighted by molar-refractivity contribution is 7.19. The normalized spacial score (nSPS) is 10.1. The Hall–Kier alpha value is -1.80. The van der Waals surface area contributed by atoms with Crippen molar-refractivity contribution in [3.63, 3.8) is 0 Å². The van der Waals surface area contributed by atoms with E-state index in [2.05, 4.69) is 0 Å². The number of rotatable bonds is 2. The molecule has 5 heteroatoms. The van der Waals surface area contributed by atoms with Gasteiger partial charge in [-0.1, -0.05) is 0 Å². The molecule has 0 fully saturated rings. The van der Waals surface area contributed by atoms with E-state index in [1.54, 1.807) is 6.07 Å². The van der Waals surface area contributed by atoms with Crippen molar-refractivity contribution in [2.45, 2.75) is 0 Å². The highest BCUT2D eigenvalue weighted by Gasteiger charge is 2.16. The first-order valence-corrected chi connectivity index (χ1v) is 5.27. The molecular weight excluding hydrogens is 229 g/mol. The lowest BCUT2D eigenvalue weighted by Crippen LogP contribution is -1.93. The number of benzene rings is 1. The van der Waals surface area contributed by atoms with Gasteiger partial charge in [0, 0.05) is 16.2 Å². The molecule has 0 unspecified atom stereocenters. The second kappa shape index (κ2) is 3.99. The summed E-state index contributed by atoms with van der Waals surface area (Å²) in [5, 5.41) is 9.15. The zero-order valence-corrected chi connectivity index (χ0v) is 9.52. The van der Waals surface area contributed by atoms with E-state index >= 15 is 0 Å². The van der Waals surface area contributed by atoms with Gasteiger partial charge < -0.3 is 9.47 Å². The summed E-state index contributed by atoms with van der Waals surface area (Å²) in [6.07, 6.45) is 0. The van der Waals surface area contributed by atoms with Crippen molar-refractivity contribution in [1.82, 2.24) is 0 Å². The molecule has 1 aromatic carbocycles. The van der Waals surface area contributed by atoms with Crippen molar-refractivity contribution in [1.29, 1.82) is 5.26 Å². The third kappa shape index (κ3) is 1.48. The minimum atomic E-state index is -0.491. The van der Waals surface area contributed by atoms with Gasteiger partial charge in [0.25, 0.3) is 0 Å². The molecule has 0 N–H and O–H groups in total. The number of thiophene rings is 1. The van der Waals surface area contributed by atoms with Crippen molar-refractivity contribution < 1.29 is 13.9 Å². The van der Waals surface area contributed by atoms with E-state index in [1.165, 1.54) is 31.6 Å². The minimum Gasteiger partial charge on any atom is -0.493 e. The second-order valence-electron chi connectivity index (χ2n) is 3.06. The quantitative estimate of drug-likeness (QED) is 0.806. The van der Waals surface area contributed by atoms with Gasteiger partial charge >= 0.3 is 0 Å². The molecule has 2 aromatic rings.